The Kier molecular flexibility index (Phi) is 5.96. The molecule has 6 nitrogen and oxygen atoms in total. The van der Waals surface area contributed by atoms with Gasteiger partial charge in [-0.25, -0.2) is 9.97 Å². The Bertz CT molecular complexity index is 871. The number of hydrogen-bond acceptors (Lipinski definition) is 4. The van der Waals surface area contributed by atoms with Gasteiger partial charge in [0.15, 0.2) is 5.65 Å². The highest BCUT2D eigenvalue weighted by Gasteiger charge is 2.12. The fourth-order valence-electron chi connectivity index (χ4n) is 2.85. The molecule has 0 aliphatic heterocycles. The van der Waals surface area contributed by atoms with Crippen LogP contribution in [0.1, 0.15) is 36.5 Å². The van der Waals surface area contributed by atoms with Gasteiger partial charge in [0.1, 0.15) is 11.3 Å². The quantitative estimate of drug-likeness (QED) is 0.632. The Morgan fingerprint density at radius 1 is 1.19 bits per heavy atom. The lowest BCUT2D eigenvalue weighted by molar-refractivity contribution is 0.0944. The number of carbonyl (C=O) groups is 1. The minimum absolute atomic E-state index is 0.0719. The summed E-state index contributed by atoms with van der Waals surface area (Å²) in [7, 11) is 0. The van der Waals surface area contributed by atoms with Crippen LogP contribution in [0.25, 0.3) is 16.9 Å². The highest BCUT2D eigenvalue weighted by atomic mass is 16.5. The Morgan fingerprint density at radius 3 is 2.73 bits per heavy atom. The zero-order valence-electron chi connectivity index (χ0n) is 15.2. The third-order valence-corrected chi connectivity index (χ3v) is 4.14. The van der Waals surface area contributed by atoms with Crippen LogP contribution in [0.5, 0.6) is 0 Å². The summed E-state index contributed by atoms with van der Waals surface area (Å²) in [5.74, 6) is 0.879. The number of nitrogens with one attached hydrogen (secondary N) is 1. The van der Waals surface area contributed by atoms with Gasteiger partial charge in [-0.1, -0.05) is 6.92 Å². The van der Waals surface area contributed by atoms with Gasteiger partial charge in [-0.05, 0) is 49.7 Å². The van der Waals surface area contributed by atoms with Gasteiger partial charge in [0.05, 0.1) is 0 Å². The number of imidazole rings is 1. The molecule has 0 spiro atoms. The van der Waals surface area contributed by atoms with E-state index in [0.717, 1.165) is 35.5 Å². The first-order chi connectivity index (χ1) is 12.7. The lowest BCUT2D eigenvalue weighted by atomic mass is 10.2. The summed E-state index contributed by atoms with van der Waals surface area (Å²) < 4.78 is 7.31. The molecular weight excluding hydrogens is 328 g/mol. The number of carbonyl (C=O) groups excluding carboxylic acids is 1. The second-order valence-electron chi connectivity index (χ2n) is 5.92. The predicted molar refractivity (Wildman–Crippen MR) is 102 cm³/mol. The molecule has 0 fully saturated rings. The minimum atomic E-state index is -0.0719. The summed E-state index contributed by atoms with van der Waals surface area (Å²) in [5, 5.41) is 2.91. The number of nitrogens with zero attached hydrogens (tertiary/aromatic N) is 3. The summed E-state index contributed by atoms with van der Waals surface area (Å²) in [6, 6.07) is 11.4. The van der Waals surface area contributed by atoms with Crippen molar-refractivity contribution in [3.05, 3.63) is 54.0 Å². The molecule has 0 atom stereocenters. The molecule has 0 saturated heterocycles. The number of aromatic nitrogens is 3. The van der Waals surface area contributed by atoms with Gasteiger partial charge in [-0.3, -0.25) is 9.36 Å². The molecule has 0 unspecified atom stereocenters. The molecule has 3 aromatic rings. The van der Waals surface area contributed by atoms with Crippen molar-refractivity contribution in [3.8, 4) is 5.69 Å². The smallest absolute Gasteiger partial charge is 0.251 e. The first kappa shape index (κ1) is 18.1. The Labute approximate surface area is 153 Å². The van der Waals surface area contributed by atoms with E-state index in [2.05, 4.69) is 22.2 Å². The number of amides is 1. The average molecular weight is 352 g/mol. The minimum Gasteiger partial charge on any atom is -0.382 e. The molecule has 2 aromatic heterocycles. The lowest BCUT2D eigenvalue weighted by Crippen LogP contribution is -2.25. The van der Waals surface area contributed by atoms with E-state index in [0.29, 0.717) is 25.3 Å². The Balaban J connectivity index is 1.75. The van der Waals surface area contributed by atoms with Gasteiger partial charge < -0.3 is 10.1 Å². The van der Waals surface area contributed by atoms with Gasteiger partial charge >= 0.3 is 0 Å². The van der Waals surface area contributed by atoms with E-state index >= 15 is 0 Å². The maximum Gasteiger partial charge on any atom is 0.251 e. The summed E-state index contributed by atoms with van der Waals surface area (Å²) in [5.41, 5.74) is 3.30. The number of ether oxygens (including phenoxy) is 1. The molecule has 0 saturated carbocycles. The summed E-state index contributed by atoms with van der Waals surface area (Å²) in [6.45, 7) is 6.00. The van der Waals surface area contributed by atoms with Crippen molar-refractivity contribution >= 4 is 17.1 Å². The number of aryl methyl sites for hydroxylation is 1. The van der Waals surface area contributed by atoms with Gasteiger partial charge in [-0.2, -0.15) is 0 Å². The van der Waals surface area contributed by atoms with E-state index in [1.54, 1.807) is 6.20 Å². The number of benzene rings is 1. The van der Waals surface area contributed by atoms with E-state index in [1.165, 1.54) is 0 Å². The predicted octanol–water partition coefficient (Wildman–Crippen LogP) is 3.14. The van der Waals surface area contributed by atoms with E-state index in [-0.39, 0.29) is 5.91 Å². The molecule has 1 N–H and O–H groups in total. The second-order valence-corrected chi connectivity index (χ2v) is 5.92. The molecule has 136 valence electrons. The van der Waals surface area contributed by atoms with Crippen LogP contribution in [0, 0.1) is 0 Å². The number of fused-ring (bicyclic) bond motifs is 1. The monoisotopic (exact) mass is 352 g/mol. The number of pyridine rings is 1. The molecule has 1 aromatic carbocycles. The van der Waals surface area contributed by atoms with Crippen LogP contribution in [-0.2, 0) is 11.2 Å². The lowest BCUT2D eigenvalue weighted by Gasteiger charge is -2.09. The van der Waals surface area contributed by atoms with E-state index in [9.17, 15) is 4.79 Å². The molecule has 6 heteroatoms. The standard InChI is InChI=1S/C20H24N4O2/c1-3-18-23-17-7-5-12-21-19(17)24(18)16-10-8-15(9-11-16)20(25)22-13-6-14-26-4-2/h5,7-12H,3-4,6,13-14H2,1-2H3,(H,22,25). The van der Waals surface area contributed by atoms with Gasteiger partial charge in [0.25, 0.3) is 5.91 Å². The molecule has 2 heterocycles. The third kappa shape index (κ3) is 3.91. The van der Waals surface area contributed by atoms with Crippen LogP contribution in [0.15, 0.2) is 42.6 Å². The fraction of sp³-hybridized carbons (Fsp3) is 0.350. The SMILES string of the molecule is CCOCCCNC(=O)c1ccc(-n2c(CC)nc3cccnc32)cc1. The van der Waals surface area contributed by atoms with E-state index < -0.39 is 0 Å². The van der Waals surface area contributed by atoms with E-state index in [4.69, 9.17) is 4.74 Å². The number of hydrogen-bond donors (Lipinski definition) is 1. The highest BCUT2D eigenvalue weighted by molar-refractivity contribution is 5.94. The molecule has 3 rings (SSSR count). The summed E-state index contributed by atoms with van der Waals surface area (Å²) in [4.78, 5) is 21.3. The van der Waals surface area contributed by atoms with E-state index in [1.807, 2.05) is 47.9 Å². The van der Waals surface area contributed by atoms with Crippen LogP contribution in [0.2, 0.25) is 0 Å². The van der Waals surface area contributed by atoms with Crippen LogP contribution >= 0.6 is 0 Å². The molecular formula is C20H24N4O2. The molecule has 26 heavy (non-hydrogen) atoms. The second kappa shape index (κ2) is 8.58. The van der Waals surface area contributed by atoms with Crippen molar-refractivity contribution in [2.75, 3.05) is 19.8 Å². The van der Waals surface area contributed by atoms with Gasteiger partial charge in [0.2, 0.25) is 0 Å². The average Bonchev–Trinajstić information content (AvgIpc) is 3.06. The fourth-order valence-corrected chi connectivity index (χ4v) is 2.85. The summed E-state index contributed by atoms with van der Waals surface area (Å²) in [6.07, 6.45) is 3.38. The zero-order chi connectivity index (χ0) is 18.4. The highest BCUT2D eigenvalue weighted by Crippen LogP contribution is 2.20. The van der Waals surface area contributed by atoms with Crippen molar-refractivity contribution in [1.29, 1.82) is 0 Å². The largest absolute Gasteiger partial charge is 0.382 e. The van der Waals surface area contributed by atoms with Crippen molar-refractivity contribution in [1.82, 2.24) is 19.9 Å². The first-order valence-corrected chi connectivity index (χ1v) is 9.03. The molecule has 1 amide bonds. The van der Waals surface area contributed by atoms with Crippen molar-refractivity contribution in [3.63, 3.8) is 0 Å². The van der Waals surface area contributed by atoms with Crippen LogP contribution in [0.4, 0.5) is 0 Å². The summed E-state index contributed by atoms with van der Waals surface area (Å²) >= 11 is 0. The number of rotatable bonds is 8. The normalized spacial score (nSPS) is 11.0. The maximum atomic E-state index is 12.2. The molecule has 0 radical (unpaired) electrons. The zero-order valence-corrected chi connectivity index (χ0v) is 15.2. The topological polar surface area (TPSA) is 69.0 Å². The van der Waals surface area contributed by atoms with Gasteiger partial charge in [0, 0.05) is 43.6 Å². The third-order valence-electron chi connectivity index (χ3n) is 4.14. The first-order valence-electron chi connectivity index (χ1n) is 9.03. The Morgan fingerprint density at radius 2 is 2.00 bits per heavy atom. The van der Waals surface area contributed by atoms with Crippen LogP contribution in [0.3, 0.4) is 0 Å². The van der Waals surface area contributed by atoms with Crippen LogP contribution < -0.4 is 5.32 Å². The maximum absolute atomic E-state index is 12.2. The van der Waals surface area contributed by atoms with Crippen molar-refractivity contribution < 1.29 is 9.53 Å². The van der Waals surface area contributed by atoms with Crippen LogP contribution in [-0.4, -0.2) is 40.2 Å². The molecule has 0 aliphatic carbocycles. The van der Waals surface area contributed by atoms with Crippen molar-refractivity contribution in [2.24, 2.45) is 0 Å². The van der Waals surface area contributed by atoms with Crippen molar-refractivity contribution in [2.45, 2.75) is 26.7 Å². The Hall–Kier alpha value is -2.73. The molecule has 0 aliphatic rings. The molecule has 0 bridgehead atoms. The van der Waals surface area contributed by atoms with Gasteiger partial charge in [-0.15, -0.1) is 0 Å².